The number of amides is 1. The Labute approximate surface area is 180 Å². The molecule has 31 heavy (non-hydrogen) atoms. The molecular weight excluding hydrogens is 390 g/mol. The van der Waals surface area contributed by atoms with Gasteiger partial charge in [-0.2, -0.15) is 0 Å². The van der Waals surface area contributed by atoms with Crippen molar-refractivity contribution in [2.24, 2.45) is 0 Å². The number of nitrogens with two attached hydrogens (primary N) is 1. The maximum absolute atomic E-state index is 12.7. The van der Waals surface area contributed by atoms with Crippen LogP contribution in [0.2, 0.25) is 0 Å². The summed E-state index contributed by atoms with van der Waals surface area (Å²) in [5.41, 5.74) is 8.99. The molecule has 5 rings (SSSR count). The van der Waals surface area contributed by atoms with E-state index in [2.05, 4.69) is 19.9 Å². The number of aromatic nitrogens is 4. The monoisotopic (exact) mass is 415 g/mol. The van der Waals surface area contributed by atoms with E-state index in [9.17, 15) is 4.79 Å². The number of imidazole rings is 1. The fourth-order valence-corrected chi connectivity index (χ4v) is 4.14. The van der Waals surface area contributed by atoms with Crippen LogP contribution in [0.15, 0.2) is 54.9 Å². The van der Waals surface area contributed by atoms with Crippen LogP contribution in [0, 0.1) is 0 Å². The minimum Gasteiger partial charge on any atom is -0.383 e. The number of nitrogens with zero attached hydrogens (tertiary/aromatic N) is 6. The number of hydrogen-bond acceptors (Lipinski definition) is 6. The van der Waals surface area contributed by atoms with Gasteiger partial charge in [0.25, 0.3) is 0 Å². The summed E-state index contributed by atoms with van der Waals surface area (Å²) in [7, 11) is 0. The molecule has 0 aliphatic carbocycles. The smallest absolute Gasteiger partial charge is 0.224 e. The van der Waals surface area contributed by atoms with Gasteiger partial charge in [0.05, 0.1) is 29.4 Å². The first kappa shape index (κ1) is 19.4. The van der Waals surface area contributed by atoms with Crippen LogP contribution in [-0.2, 0) is 17.9 Å². The molecule has 8 nitrogen and oxygen atoms in total. The van der Waals surface area contributed by atoms with Crippen molar-refractivity contribution in [3.8, 4) is 0 Å². The fraction of sp³-hybridized carbons (Fsp3) is 0.304. The highest BCUT2D eigenvalue weighted by atomic mass is 16.2. The molecule has 0 bridgehead atoms. The predicted molar refractivity (Wildman–Crippen MR) is 120 cm³/mol. The third kappa shape index (κ3) is 4.06. The summed E-state index contributed by atoms with van der Waals surface area (Å²) < 4.78 is 2.05. The van der Waals surface area contributed by atoms with Crippen molar-refractivity contribution in [2.45, 2.75) is 19.5 Å². The van der Waals surface area contributed by atoms with Gasteiger partial charge < -0.3 is 15.2 Å². The highest BCUT2D eigenvalue weighted by Gasteiger charge is 2.22. The normalized spacial score (nSPS) is 15.0. The van der Waals surface area contributed by atoms with E-state index >= 15 is 0 Å². The largest absolute Gasteiger partial charge is 0.383 e. The van der Waals surface area contributed by atoms with Crippen LogP contribution in [-0.4, -0.2) is 61.4 Å². The van der Waals surface area contributed by atoms with E-state index in [-0.39, 0.29) is 5.91 Å². The van der Waals surface area contributed by atoms with Crippen molar-refractivity contribution in [2.75, 3.05) is 31.9 Å². The molecule has 1 amide bonds. The Bertz CT molecular complexity index is 1230. The number of fused-ring (bicyclic) bond motifs is 2. The zero-order valence-electron chi connectivity index (χ0n) is 17.3. The molecule has 2 aromatic carbocycles. The topological polar surface area (TPSA) is 93.2 Å². The van der Waals surface area contributed by atoms with Crippen molar-refractivity contribution in [1.82, 2.24) is 29.3 Å². The number of hydrogen-bond donors (Lipinski definition) is 1. The first-order chi connectivity index (χ1) is 15.2. The van der Waals surface area contributed by atoms with Crippen molar-refractivity contribution in [1.29, 1.82) is 0 Å². The molecule has 2 aromatic heterocycles. The van der Waals surface area contributed by atoms with Crippen molar-refractivity contribution in [3.05, 3.63) is 60.7 Å². The molecule has 3 heterocycles. The predicted octanol–water partition coefficient (Wildman–Crippen LogP) is 2.30. The third-order valence-electron chi connectivity index (χ3n) is 5.86. The summed E-state index contributed by atoms with van der Waals surface area (Å²) in [4.78, 5) is 30.4. The molecular formula is C23H25N7O. The molecule has 1 saturated heterocycles. The van der Waals surface area contributed by atoms with E-state index < -0.39 is 0 Å². The van der Waals surface area contributed by atoms with Gasteiger partial charge in [-0.05, 0) is 24.3 Å². The van der Waals surface area contributed by atoms with Crippen molar-refractivity contribution >= 4 is 33.7 Å². The molecule has 158 valence electrons. The number of para-hydroxylation sites is 3. The van der Waals surface area contributed by atoms with E-state index in [4.69, 9.17) is 5.73 Å². The van der Waals surface area contributed by atoms with Crippen LogP contribution in [0.1, 0.15) is 12.2 Å². The molecule has 8 heteroatoms. The Morgan fingerprint density at radius 2 is 1.68 bits per heavy atom. The lowest BCUT2D eigenvalue weighted by atomic mass is 10.2. The number of piperazine rings is 1. The Morgan fingerprint density at radius 3 is 2.52 bits per heavy atom. The maximum atomic E-state index is 12.7. The second kappa shape index (κ2) is 8.31. The Hall–Kier alpha value is -3.52. The number of nitrogen functional groups attached to an aromatic ring is 1. The summed E-state index contributed by atoms with van der Waals surface area (Å²) >= 11 is 0. The van der Waals surface area contributed by atoms with Gasteiger partial charge in [0.2, 0.25) is 5.91 Å². The zero-order valence-corrected chi connectivity index (χ0v) is 17.3. The highest BCUT2D eigenvalue weighted by molar-refractivity contribution is 5.87. The molecule has 0 unspecified atom stereocenters. The van der Waals surface area contributed by atoms with Crippen LogP contribution in [0.25, 0.3) is 21.9 Å². The van der Waals surface area contributed by atoms with Gasteiger partial charge in [0.15, 0.2) is 0 Å². The average molecular weight is 416 g/mol. The molecule has 0 atom stereocenters. The third-order valence-corrected chi connectivity index (χ3v) is 5.86. The SMILES string of the molecule is Nc1nc(CN2CCN(C(=O)CCn3cnc4ccccc43)CC2)nc2ccccc12. The van der Waals surface area contributed by atoms with Crippen LogP contribution >= 0.6 is 0 Å². The van der Waals surface area contributed by atoms with Crippen molar-refractivity contribution < 1.29 is 4.79 Å². The van der Waals surface area contributed by atoms with Gasteiger partial charge in [0, 0.05) is 44.5 Å². The summed E-state index contributed by atoms with van der Waals surface area (Å²) in [5, 5.41) is 0.882. The highest BCUT2D eigenvalue weighted by Crippen LogP contribution is 2.18. The van der Waals surface area contributed by atoms with Gasteiger partial charge in [-0.3, -0.25) is 9.69 Å². The number of aryl methyl sites for hydroxylation is 1. The van der Waals surface area contributed by atoms with E-state index in [0.29, 0.717) is 38.4 Å². The number of rotatable bonds is 5. The van der Waals surface area contributed by atoms with Crippen LogP contribution < -0.4 is 5.73 Å². The number of benzene rings is 2. The van der Waals surface area contributed by atoms with E-state index in [1.807, 2.05) is 64.3 Å². The molecule has 0 spiro atoms. The summed E-state index contributed by atoms with van der Waals surface area (Å²) in [6.07, 6.45) is 2.29. The second-order valence-electron chi connectivity index (χ2n) is 7.88. The van der Waals surface area contributed by atoms with Gasteiger partial charge in [-0.15, -0.1) is 0 Å². The van der Waals surface area contributed by atoms with Crippen LogP contribution in [0.5, 0.6) is 0 Å². The van der Waals surface area contributed by atoms with Crippen LogP contribution in [0.4, 0.5) is 5.82 Å². The van der Waals surface area contributed by atoms with E-state index in [0.717, 1.165) is 40.9 Å². The lowest BCUT2D eigenvalue weighted by Crippen LogP contribution is -2.48. The van der Waals surface area contributed by atoms with Crippen molar-refractivity contribution in [3.63, 3.8) is 0 Å². The molecule has 0 saturated carbocycles. The average Bonchev–Trinajstić information content (AvgIpc) is 3.21. The van der Waals surface area contributed by atoms with Gasteiger partial charge in [-0.1, -0.05) is 24.3 Å². The molecule has 0 radical (unpaired) electrons. The molecule has 1 aliphatic heterocycles. The number of carbonyl (C=O) groups excluding carboxylic acids is 1. The van der Waals surface area contributed by atoms with Gasteiger partial charge in [0.1, 0.15) is 11.6 Å². The summed E-state index contributed by atoms with van der Waals surface area (Å²) in [5.74, 6) is 1.42. The van der Waals surface area contributed by atoms with Crippen LogP contribution in [0.3, 0.4) is 0 Å². The minimum atomic E-state index is 0.184. The first-order valence-electron chi connectivity index (χ1n) is 10.6. The van der Waals surface area contributed by atoms with E-state index in [1.165, 1.54) is 0 Å². The fourth-order valence-electron chi connectivity index (χ4n) is 4.14. The quantitative estimate of drug-likeness (QED) is 0.538. The lowest BCUT2D eigenvalue weighted by Gasteiger charge is -2.34. The standard InChI is InChI=1S/C23H25N7O/c24-23-17-5-1-2-6-18(17)26-21(27-23)15-28-11-13-29(14-12-28)22(31)9-10-30-16-25-19-7-3-4-8-20(19)30/h1-8,16H,9-15H2,(H2,24,26,27). The first-order valence-corrected chi connectivity index (χ1v) is 10.6. The van der Waals surface area contributed by atoms with Gasteiger partial charge >= 0.3 is 0 Å². The Balaban J connectivity index is 1.15. The molecule has 1 aliphatic rings. The Kier molecular flexibility index (Phi) is 5.21. The van der Waals surface area contributed by atoms with Gasteiger partial charge in [-0.25, -0.2) is 15.0 Å². The molecule has 2 N–H and O–H groups in total. The maximum Gasteiger partial charge on any atom is 0.224 e. The zero-order chi connectivity index (χ0) is 21.2. The molecule has 4 aromatic rings. The molecule has 1 fully saturated rings. The lowest BCUT2D eigenvalue weighted by molar-refractivity contribution is -0.133. The number of carbonyl (C=O) groups is 1. The minimum absolute atomic E-state index is 0.184. The Morgan fingerprint density at radius 1 is 0.935 bits per heavy atom. The summed E-state index contributed by atoms with van der Waals surface area (Å²) in [6, 6.07) is 15.8. The summed E-state index contributed by atoms with van der Waals surface area (Å²) in [6.45, 7) is 4.31. The number of anilines is 1. The van der Waals surface area contributed by atoms with E-state index in [1.54, 1.807) is 0 Å². The second-order valence-corrected chi connectivity index (χ2v) is 7.88.